The van der Waals surface area contributed by atoms with Crippen molar-refractivity contribution in [2.45, 2.75) is 0 Å². The molecule has 0 spiro atoms. The normalized spacial score (nSPS) is 10.8. The maximum absolute atomic E-state index is 12.2. The highest BCUT2D eigenvalue weighted by molar-refractivity contribution is 5.95. The zero-order valence-electron chi connectivity index (χ0n) is 13.2. The average molecular weight is 333 g/mol. The highest BCUT2D eigenvalue weighted by Crippen LogP contribution is 2.07. The van der Waals surface area contributed by atoms with Crippen LogP contribution in [0.25, 0.3) is 6.08 Å². The van der Waals surface area contributed by atoms with Crippen LogP contribution in [0, 0.1) is 5.92 Å². The van der Waals surface area contributed by atoms with E-state index in [1.54, 1.807) is 6.08 Å². The van der Waals surface area contributed by atoms with E-state index in [0.717, 1.165) is 18.7 Å². The smallest absolute Gasteiger partial charge is 0.161 e. The topological polar surface area (TPSA) is 23.6 Å². The molecule has 0 unspecified atom stereocenters. The van der Waals surface area contributed by atoms with E-state index >= 15 is 0 Å². The summed E-state index contributed by atoms with van der Waals surface area (Å²) in [5, 5.41) is 0. The Morgan fingerprint density at radius 2 is 1.48 bits per heavy atom. The van der Waals surface area contributed by atoms with E-state index in [1.807, 2.05) is 64.6 Å². The third kappa shape index (κ3) is 9.64. The summed E-state index contributed by atoms with van der Waals surface area (Å²) < 4.78 is 0. The summed E-state index contributed by atoms with van der Waals surface area (Å²) in [6, 6.07) is 9.91. The number of hydrogen-bond acceptors (Lipinski definition) is 3. The largest absolute Gasteiger partial charge is 0.309 e. The number of carbonyl (C=O) groups is 1. The zero-order chi connectivity index (χ0) is 14.3. The summed E-state index contributed by atoms with van der Waals surface area (Å²) >= 11 is 0. The van der Waals surface area contributed by atoms with Gasteiger partial charge in [-0.25, -0.2) is 0 Å². The van der Waals surface area contributed by atoms with Crippen molar-refractivity contribution < 1.29 is 4.79 Å². The number of hydrogen-bond donors (Lipinski definition) is 0. The van der Waals surface area contributed by atoms with Gasteiger partial charge < -0.3 is 9.80 Å². The number of benzene rings is 1. The summed E-state index contributed by atoms with van der Waals surface area (Å²) in [6.45, 7) is 1.55. The van der Waals surface area contributed by atoms with E-state index in [-0.39, 0.29) is 36.5 Å². The first-order chi connectivity index (χ1) is 8.99. The van der Waals surface area contributed by atoms with Gasteiger partial charge in [0.1, 0.15) is 0 Å². The van der Waals surface area contributed by atoms with Crippen molar-refractivity contribution in [2.75, 3.05) is 41.3 Å². The zero-order valence-corrected chi connectivity index (χ0v) is 14.8. The lowest BCUT2D eigenvalue weighted by Gasteiger charge is -2.22. The lowest BCUT2D eigenvalue weighted by Crippen LogP contribution is -2.34. The van der Waals surface area contributed by atoms with Gasteiger partial charge in [-0.05, 0) is 39.8 Å². The van der Waals surface area contributed by atoms with Gasteiger partial charge in [-0.2, -0.15) is 0 Å². The van der Waals surface area contributed by atoms with Crippen LogP contribution in [-0.2, 0) is 4.79 Å². The minimum absolute atomic E-state index is 0. The number of allylic oxidation sites excluding steroid dienone is 1. The molecule has 3 nitrogen and oxygen atoms in total. The number of halogens is 2. The van der Waals surface area contributed by atoms with Crippen molar-refractivity contribution in [3.05, 3.63) is 42.0 Å². The maximum Gasteiger partial charge on any atom is 0.161 e. The van der Waals surface area contributed by atoms with Gasteiger partial charge in [-0.3, -0.25) is 4.79 Å². The average Bonchev–Trinajstić information content (AvgIpc) is 2.35. The fourth-order valence-electron chi connectivity index (χ4n) is 2.00. The van der Waals surface area contributed by atoms with Crippen LogP contribution in [0.4, 0.5) is 0 Å². The summed E-state index contributed by atoms with van der Waals surface area (Å²) in [4.78, 5) is 16.4. The summed E-state index contributed by atoms with van der Waals surface area (Å²) in [5.41, 5.74) is 1.06. The second-order valence-corrected chi connectivity index (χ2v) is 5.37. The first-order valence-electron chi connectivity index (χ1n) is 6.55. The number of rotatable bonds is 7. The van der Waals surface area contributed by atoms with Crippen LogP contribution in [0.15, 0.2) is 36.4 Å². The van der Waals surface area contributed by atoms with Gasteiger partial charge in [0.05, 0.1) is 0 Å². The molecule has 0 aromatic heterocycles. The van der Waals surface area contributed by atoms with Gasteiger partial charge in [0.25, 0.3) is 0 Å². The Hall–Kier alpha value is -0.870. The lowest BCUT2D eigenvalue weighted by molar-refractivity contribution is -0.119. The van der Waals surface area contributed by atoms with E-state index in [0.29, 0.717) is 0 Å². The molecule has 120 valence electrons. The van der Waals surface area contributed by atoms with Crippen molar-refractivity contribution in [2.24, 2.45) is 5.92 Å². The maximum atomic E-state index is 12.2. The molecule has 0 amide bonds. The van der Waals surface area contributed by atoms with Crippen LogP contribution in [0.2, 0.25) is 0 Å². The molecule has 1 aromatic carbocycles. The van der Waals surface area contributed by atoms with E-state index < -0.39 is 0 Å². The molecular weight excluding hydrogens is 307 g/mol. The first-order valence-corrected chi connectivity index (χ1v) is 6.55. The van der Waals surface area contributed by atoms with Gasteiger partial charge in [0, 0.05) is 19.0 Å². The molecular formula is C16H26Cl2N2O. The predicted octanol–water partition coefficient (Wildman–Crippen LogP) is 2.85. The number of carbonyl (C=O) groups excluding carboxylic acids is 1. The molecule has 0 heterocycles. The molecule has 21 heavy (non-hydrogen) atoms. The molecule has 0 saturated heterocycles. The van der Waals surface area contributed by atoms with E-state index in [9.17, 15) is 4.79 Å². The van der Waals surface area contributed by atoms with Gasteiger partial charge >= 0.3 is 0 Å². The van der Waals surface area contributed by atoms with Crippen molar-refractivity contribution in [1.82, 2.24) is 9.80 Å². The Balaban J connectivity index is 0. The van der Waals surface area contributed by atoms with Crippen LogP contribution < -0.4 is 0 Å². The highest BCUT2D eigenvalue weighted by atomic mass is 35.5. The second-order valence-electron chi connectivity index (χ2n) is 5.37. The Morgan fingerprint density at radius 1 is 1.00 bits per heavy atom. The minimum Gasteiger partial charge on any atom is -0.309 e. The van der Waals surface area contributed by atoms with Gasteiger partial charge in [0.2, 0.25) is 0 Å². The van der Waals surface area contributed by atoms with Gasteiger partial charge in [0.15, 0.2) is 5.78 Å². The molecule has 0 fully saturated rings. The van der Waals surface area contributed by atoms with Crippen molar-refractivity contribution in [3.63, 3.8) is 0 Å². The summed E-state index contributed by atoms with van der Waals surface area (Å²) in [7, 11) is 7.99. The molecule has 0 N–H and O–H groups in total. The van der Waals surface area contributed by atoms with Crippen LogP contribution in [-0.4, -0.2) is 56.9 Å². The molecule has 0 atom stereocenters. The molecule has 0 saturated carbocycles. The number of nitrogens with zero attached hydrogens (tertiary/aromatic N) is 2. The summed E-state index contributed by atoms with van der Waals surface area (Å²) in [5.74, 6) is 0.205. The summed E-state index contributed by atoms with van der Waals surface area (Å²) in [6.07, 6.45) is 3.59. The Bertz CT molecular complexity index is 410. The SMILES string of the molecule is CN(C)CC(CN(C)C)C(=O)/C=C/c1ccccc1.Cl.Cl. The van der Waals surface area contributed by atoms with Crippen molar-refractivity contribution >= 4 is 36.7 Å². The molecule has 5 heteroatoms. The molecule has 0 radical (unpaired) electrons. The van der Waals surface area contributed by atoms with E-state index in [1.165, 1.54) is 0 Å². The molecule has 0 aliphatic rings. The van der Waals surface area contributed by atoms with Gasteiger partial charge in [-0.1, -0.05) is 36.4 Å². The third-order valence-corrected chi connectivity index (χ3v) is 2.81. The van der Waals surface area contributed by atoms with Crippen molar-refractivity contribution in [3.8, 4) is 0 Å². The monoisotopic (exact) mass is 332 g/mol. The van der Waals surface area contributed by atoms with Gasteiger partial charge in [-0.15, -0.1) is 24.8 Å². The third-order valence-electron chi connectivity index (χ3n) is 2.81. The predicted molar refractivity (Wildman–Crippen MR) is 95.6 cm³/mol. The van der Waals surface area contributed by atoms with E-state index in [2.05, 4.69) is 9.80 Å². The molecule has 0 bridgehead atoms. The fourth-order valence-corrected chi connectivity index (χ4v) is 2.00. The Kier molecular flexibility index (Phi) is 12.5. The molecule has 0 aliphatic carbocycles. The fraction of sp³-hybridized carbons (Fsp3) is 0.438. The molecule has 1 aromatic rings. The van der Waals surface area contributed by atoms with Crippen molar-refractivity contribution in [1.29, 1.82) is 0 Å². The standard InChI is InChI=1S/C16H24N2O.2ClH/c1-17(2)12-15(13-18(3)4)16(19)11-10-14-8-6-5-7-9-14;;/h5-11,15H,12-13H2,1-4H3;2*1H/b11-10+;;. The lowest BCUT2D eigenvalue weighted by atomic mass is 10.0. The van der Waals surface area contributed by atoms with Crippen LogP contribution >= 0.6 is 24.8 Å². The first kappa shape index (κ1) is 22.4. The van der Waals surface area contributed by atoms with Crippen LogP contribution in [0.3, 0.4) is 0 Å². The Morgan fingerprint density at radius 3 is 1.90 bits per heavy atom. The number of ketones is 1. The minimum atomic E-state index is 0. The van der Waals surface area contributed by atoms with E-state index in [4.69, 9.17) is 0 Å². The van der Waals surface area contributed by atoms with Crippen LogP contribution in [0.5, 0.6) is 0 Å². The molecule has 0 aliphatic heterocycles. The van der Waals surface area contributed by atoms with Crippen LogP contribution in [0.1, 0.15) is 5.56 Å². The second kappa shape index (κ2) is 11.8. The Labute approximate surface area is 140 Å². The quantitative estimate of drug-likeness (QED) is 0.717. The highest BCUT2D eigenvalue weighted by Gasteiger charge is 2.17. The molecule has 1 rings (SSSR count).